The van der Waals surface area contributed by atoms with Gasteiger partial charge in [0.05, 0.1) is 10.4 Å². The lowest BCUT2D eigenvalue weighted by atomic mass is 10.0. The van der Waals surface area contributed by atoms with E-state index in [0.29, 0.717) is 10.6 Å². The second kappa shape index (κ2) is 5.14. The molecular weight excluding hydrogens is 330 g/mol. The molecule has 4 heteroatoms. The molecule has 0 amide bonds. The van der Waals surface area contributed by atoms with Crippen molar-refractivity contribution in [2.24, 2.45) is 0 Å². The van der Waals surface area contributed by atoms with Crippen LogP contribution in [0.5, 0.6) is 5.75 Å². The van der Waals surface area contributed by atoms with Crippen LogP contribution in [0.4, 0.5) is 0 Å². The summed E-state index contributed by atoms with van der Waals surface area (Å²) >= 11 is -1.53. The van der Waals surface area contributed by atoms with Gasteiger partial charge >= 0.3 is 0 Å². The van der Waals surface area contributed by atoms with Gasteiger partial charge in [-0.25, -0.2) is 9.19 Å². The van der Waals surface area contributed by atoms with E-state index in [2.05, 4.69) is 37.3 Å². The molecule has 5 rings (SSSR count). The van der Waals surface area contributed by atoms with Gasteiger partial charge in [-0.1, -0.05) is 35.4 Å². The van der Waals surface area contributed by atoms with E-state index in [1.165, 1.54) is 5.56 Å². The lowest BCUT2D eigenvalue weighted by Gasteiger charge is -2.20. The number of rotatable bonds is 0. The smallest absolute Gasteiger partial charge is 0.241 e. The maximum atomic E-state index is 12.6. The zero-order valence-electron chi connectivity index (χ0n) is 13.9. The van der Waals surface area contributed by atoms with Crippen molar-refractivity contribution in [2.45, 2.75) is 18.7 Å². The minimum absolute atomic E-state index is 0.579. The summed E-state index contributed by atoms with van der Waals surface area (Å²) in [5.74, 6) is 0.579. The van der Waals surface area contributed by atoms with Gasteiger partial charge in [0.15, 0.2) is 5.75 Å². The maximum Gasteiger partial charge on any atom is 0.241 e. The van der Waals surface area contributed by atoms with Gasteiger partial charge in [0.2, 0.25) is 11.1 Å². The summed E-state index contributed by atoms with van der Waals surface area (Å²) in [5.41, 5.74) is 4.89. The first kappa shape index (κ1) is 14.6. The third-order valence-electron chi connectivity index (χ3n) is 4.63. The summed E-state index contributed by atoms with van der Waals surface area (Å²) in [4.78, 5) is 5.48. The number of hydrogen-bond donors (Lipinski definition) is 0. The molecule has 1 unspecified atom stereocenters. The second-order valence-electron chi connectivity index (χ2n) is 6.55. The third-order valence-corrected chi connectivity index (χ3v) is 5.66. The lowest BCUT2D eigenvalue weighted by molar-refractivity contribution is 0.557. The van der Waals surface area contributed by atoms with Gasteiger partial charge in [0, 0.05) is 10.9 Å². The normalized spacial score (nSPS) is 15.7. The van der Waals surface area contributed by atoms with Gasteiger partial charge in [-0.2, -0.15) is 0 Å². The van der Waals surface area contributed by atoms with Crippen molar-refractivity contribution in [3.8, 4) is 17.0 Å². The molecule has 2 heterocycles. The quantitative estimate of drug-likeness (QED) is 0.446. The van der Waals surface area contributed by atoms with Crippen LogP contribution in [0.1, 0.15) is 11.1 Å². The molecule has 1 aliphatic rings. The van der Waals surface area contributed by atoms with Gasteiger partial charge in [-0.3, -0.25) is 0 Å². The molecule has 122 valence electrons. The van der Waals surface area contributed by atoms with Gasteiger partial charge in [0.25, 0.3) is 0 Å². The first-order valence-corrected chi connectivity index (χ1v) is 9.22. The summed E-state index contributed by atoms with van der Waals surface area (Å²) in [5, 5.41) is 3.17. The van der Waals surface area contributed by atoms with E-state index < -0.39 is 11.1 Å². The van der Waals surface area contributed by atoms with Crippen LogP contribution in [0.2, 0.25) is 0 Å². The number of benzene rings is 3. The molecule has 0 saturated heterocycles. The van der Waals surface area contributed by atoms with E-state index >= 15 is 0 Å². The fraction of sp³-hybridized carbons (Fsp3) is 0.0952. The molecule has 3 nitrogen and oxygen atoms in total. The Kier molecular flexibility index (Phi) is 3.00. The highest BCUT2D eigenvalue weighted by molar-refractivity contribution is 7.80. The molecule has 3 aromatic carbocycles. The van der Waals surface area contributed by atoms with Crippen molar-refractivity contribution in [1.29, 1.82) is 0 Å². The van der Waals surface area contributed by atoms with Gasteiger partial charge in [-0.15, -0.1) is 0 Å². The topological polar surface area (TPSA) is 39.2 Å². The largest absolute Gasteiger partial charge is 0.395 e. The summed E-state index contributed by atoms with van der Waals surface area (Å²) in [6.07, 6.45) is 0. The number of fused-ring (bicyclic) bond motifs is 5. The number of aromatic nitrogens is 1. The molecule has 0 saturated carbocycles. The number of aryl methyl sites for hydroxylation is 2. The van der Waals surface area contributed by atoms with E-state index in [4.69, 9.17) is 9.17 Å². The Labute approximate surface area is 147 Å². The molecule has 25 heavy (non-hydrogen) atoms. The standard InChI is InChI=1S/C21H15NO2S/c1-12-3-5-14-9-17-20(11-15(14)7-12)25(23)24-19-10-16-8-13(2)4-6-18(16)22-21(17)19/h3-11H,1-2H3. The van der Waals surface area contributed by atoms with Crippen LogP contribution in [0, 0.1) is 13.8 Å². The highest BCUT2D eigenvalue weighted by atomic mass is 32.2. The molecular formula is C21H15NO2S. The molecule has 0 bridgehead atoms. The Morgan fingerprint density at radius 2 is 1.60 bits per heavy atom. The second-order valence-corrected chi connectivity index (χ2v) is 7.62. The van der Waals surface area contributed by atoms with Crippen LogP contribution < -0.4 is 4.18 Å². The van der Waals surface area contributed by atoms with Gasteiger partial charge < -0.3 is 4.18 Å². The van der Waals surface area contributed by atoms with Crippen molar-refractivity contribution in [1.82, 2.24) is 4.98 Å². The summed E-state index contributed by atoms with van der Waals surface area (Å²) in [6.45, 7) is 4.10. The van der Waals surface area contributed by atoms with Crippen LogP contribution in [0.15, 0.2) is 59.5 Å². The monoisotopic (exact) mass is 345 g/mol. The third kappa shape index (κ3) is 2.25. The van der Waals surface area contributed by atoms with Crippen molar-refractivity contribution in [3.05, 3.63) is 65.7 Å². The first-order valence-electron chi connectivity index (χ1n) is 8.15. The lowest BCUT2D eigenvalue weighted by Crippen LogP contribution is -2.10. The predicted octanol–water partition coefficient (Wildman–Crippen LogP) is 5.09. The Morgan fingerprint density at radius 1 is 0.840 bits per heavy atom. The average molecular weight is 345 g/mol. The predicted molar refractivity (Wildman–Crippen MR) is 101 cm³/mol. The SMILES string of the molecule is Cc1ccc2cc3c(cc2c1)S(=O)Oc1cc2cc(C)ccc2nc1-3. The Bertz CT molecular complexity index is 1210. The summed E-state index contributed by atoms with van der Waals surface area (Å²) in [6, 6.07) is 18.4. The van der Waals surface area contributed by atoms with Gasteiger partial charge in [-0.05, 0) is 55.0 Å². The number of hydrogen-bond acceptors (Lipinski definition) is 3. The molecule has 0 aliphatic carbocycles. The zero-order chi connectivity index (χ0) is 17.1. The Balaban J connectivity index is 1.84. The number of nitrogens with zero attached hydrogens (tertiary/aromatic N) is 1. The molecule has 0 radical (unpaired) electrons. The fourth-order valence-corrected chi connectivity index (χ4v) is 4.32. The van der Waals surface area contributed by atoms with Crippen molar-refractivity contribution in [2.75, 3.05) is 0 Å². The van der Waals surface area contributed by atoms with Crippen molar-refractivity contribution < 1.29 is 8.39 Å². The van der Waals surface area contributed by atoms with Crippen molar-refractivity contribution in [3.63, 3.8) is 0 Å². The van der Waals surface area contributed by atoms with Crippen LogP contribution >= 0.6 is 0 Å². The highest BCUT2D eigenvalue weighted by Crippen LogP contribution is 2.41. The van der Waals surface area contributed by atoms with Crippen LogP contribution in [-0.2, 0) is 11.1 Å². The molecule has 0 N–H and O–H groups in total. The van der Waals surface area contributed by atoms with Crippen LogP contribution in [0.25, 0.3) is 32.9 Å². The summed E-state index contributed by atoms with van der Waals surface area (Å²) < 4.78 is 18.3. The van der Waals surface area contributed by atoms with E-state index in [-0.39, 0.29) is 0 Å². The number of pyridine rings is 1. The maximum absolute atomic E-state index is 12.6. The first-order chi connectivity index (χ1) is 12.1. The fourth-order valence-electron chi connectivity index (χ4n) is 3.38. The van der Waals surface area contributed by atoms with Crippen LogP contribution in [-0.4, -0.2) is 9.19 Å². The van der Waals surface area contributed by atoms with Crippen molar-refractivity contribution >= 4 is 32.8 Å². The zero-order valence-corrected chi connectivity index (χ0v) is 14.7. The van der Waals surface area contributed by atoms with Crippen LogP contribution in [0.3, 0.4) is 0 Å². The van der Waals surface area contributed by atoms with E-state index in [1.807, 2.05) is 31.2 Å². The molecule has 0 spiro atoms. The minimum Gasteiger partial charge on any atom is -0.395 e. The minimum atomic E-state index is -1.53. The Hall–Kier alpha value is -2.72. The molecule has 1 aromatic heterocycles. The molecule has 0 fully saturated rings. The Morgan fingerprint density at radius 3 is 2.44 bits per heavy atom. The average Bonchev–Trinajstić information content (AvgIpc) is 2.59. The molecule has 1 atom stereocenters. The van der Waals surface area contributed by atoms with E-state index in [1.54, 1.807) is 0 Å². The van der Waals surface area contributed by atoms with Gasteiger partial charge in [0.1, 0.15) is 5.69 Å². The highest BCUT2D eigenvalue weighted by Gasteiger charge is 2.26. The molecule has 4 aromatic rings. The van der Waals surface area contributed by atoms with E-state index in [9.17, 15) is 4.21 Å². The van der Waals surface area contributed by atoms with E-state index in [0.717, 1.165) is 38.5 Å². The molecule has 1 aliphatic heterocycles. The summed E-state index contributed by atoms with van der Waals surface area (Å²) in [7, 11) is 0.